The summed E-state index contributed by atoms with van der Waals surface area (Å²) < 4.78 is 28.1. The van der Waals surface area contributed by atoms with Gasteiger partial charge in [-0.15, -0.1) is 0 Å². The number of hydrogen-bond acceptors (Lipinski definition) is 7. The zero-order valence-electron chi connectivity index (χ0n) is 18.7. The van der Waals surface area contributed by atoms with E-state index in [1.54, 1.807) is 36.7 Å². The van der Waals surface area contributed by atoms with E-state index in [-0.39, 0.29) is 10.9 Å². The van der Waals surface area contributed by atoms with E-state index in [9.17, 15) is 8.42 Å². The van der Waals surface area contributed by atoms with Gasteiger partial charge in [-0.2, -0.15) is 0 Å². The van der Waals surface area contributed by atoms with Crippen LogP contribution in [-0.4, -0.2) is 86.6 Å². The summed E-state index contributed by atoms with van der Waals surface area (Å²) in [5.41, 5.74) is 0. The standard InChI is InChI=1S/C23H31ClN6O2S/c24-20-2-4-22(5-3-20)33(31,32)27-15-21-14-18-6-9-30(21)17-19(18)16-28-10-12-29(13-11-28)23-25-7-1-8-26-23/h1-5,7-8,18-19,21,27H,6,9-17H2/t18-,19+,21+/m0/s1. The van der Waals surface area contributed by atoms with Gasteiger partial charge in [-0.05, 0) is 61.6 Å². The summed E-state index contributed by atoms with van der Waals surface area (Å²) in [7, 11) is -3.52. The minimum Gasteiger partial charge on any atom is -0.338 e. The highest BCUT2D eigenvalue weighted by molar-refractivity contribution is 7.89. The molecule has 4 atom stereocenters. The fourth-order valence-electron chi connectivity index (χ4n) is 5.49. The van der Waals surface area contributed by atoms with E-state index in [1.165, 1.54) is 6.42 Å². The molecule has 2 aromatic rings. The number of hydrogen-bond donors (Lipinski definition) is 1. The molecule has 0 aliphatic carbocycles. The van der Waals surface area contributed by atoms with Crippen molar-refractivity contribution in [3.63, 3.8) is 0 Å². The van der Waals surface area contributed by atoms with Gasteiger partial charge in [-0.25, -0.2) is 23.1 Å². The molecule has 0 amide bonds. The molecule has 0 saturated carbocycles. The van der Waals surface area contributed by atoms with Crippen LogP contribution in [0.2, 0.25) is 5.02 Å². The summed E-state index contributed by atoms with van der Waals surface area (Å²) in [6.45, 7) is 7.68. The molecule has 1 unspecified atom stereocenters. The minimum absolute atomic E-state index is 0.265. The molecule has 4 fully saturated rings. The Balaban J connectivity index is 1.11. The minimum atomic E-state index is -3.52. The predicted octanol–water partition coefficient (Wildman–Crippen LogP) is 1.94. The molecular formula is C23H31ClN6O2S. The van der Waals surface area contributed by atoms with Crippen LogP contribution < -0.4 is 9.62 Å². The summed E-state index contributed by atoms with van der Waals surface area (Å²) in [5, 5.41) is 0.533. The highest BCUT2D eigenvalue weighted by atomic mass is 35.5. The second kappa shape index (κ2) is 9.84. The monoisotopic (exact) mass is 490 g/mol. The molecule has 33 heavy (non-hydrogen) atoms. The van der Waals surface area contributed by atoms with Gasteiger partial charge in [0.25, 0.3) is 0 Å². The van der Waals surface area contributed by atoms with Crippen molar-refractivity contribution in [2.75, 3.05) is 57.3 Å². The van der Waals surface area contributed by atoms with Crippen molar-refractivity contribution in [2.45, 2.75) is 23.8 Å². The Labute approximate surface area is 201 Å². The lowest BCUT2D eigenvalue weighted by Crippen LogP contribution is -2.59. The van der Waals surface area contributed by atoms with Crippen LogP contribution in [-0.2, 0) is 10.0 Å². The number of piperazine rings is 1. The Morgan fingerprint density at radius 1 is 1.03 bits per heavy atom. The number of nitrogens with one attached hydrogen (secondary N) is 1. The van der Waals surface area contributed by atoms with Crippen LogP contribution in [0.4, 0.5) is 5.95 Å². The Morgan fingerprint density at radius 2 is 1.76 bits per heavy atom. The zero-order valence-corrected chi connectivity index (χ0v) is 20.3. The first-order chi connectivity index (χ1) is 16.0. The van der Waals surface area contributed by atoms with Crippen LogP contribution in [0.3, 0.4) is 0 Å². The van der Waals surface area contributed by atoms with E-state index in [0.29, 0.717) is 23.4 Å². The van der Waals surface area contributed by atoms with Gasteiger partial charge in [0.1, 0.15) is 0 Å². The van der Waals surface area contributed by atoms with Gasteiger partial charge in [0, 0.05) is 69.3 Å². The van der Waals surface area contributed by atoms with Crippen molar-refractivity contribution in [2.24, 2.45) is 11.8 Å². The fourth-order valence-corrected chi connectivity index (χ4v) is 6.69. The molecule has 1 aromatic heterocycles. The van der Waals surface area contributed by atoms with Crippen molar-refractivity contribution in [1.29, 1.82) is 0 Å². The summed E-state index contributed by atoms with van der Waals surface area (Å²) >= 11 is 5.89. The van der Waals surface area contributed by atoms with Gasteiger partial charge in [-0.1, -0.05) is 11.6 Å². The Morgan fingerprint density at radius 3 is 2.42 bits per heavy atom. The average molecular weight is 491 g/mol. The van der Waals surface area contributed by atoms with Crippen molar-refractivity contribution in [3.8, 4) is 0 Å². The third-order valence-electron chi connectivity index (χ3n) is 7.35. The normalized spacial score (nSPS) is 28.2. The molecular weight excluding hydrogens is 460 g/mol. The number of benzene rings is 1. The van der Waals surface area contributed by atoms with Gasteiger partial charge in [0.2, 0.25) is 16.0 Å². The largest absolute Gasteiger partial charge is 0.338 e. The number of halogens is 1. The number of fused-ring (bicyclic) bond motifs is 3. The smallest absolute Gasteiger partial charge is 0.240 e. The number of nitrogens with zero attached hydrogens (tertiary/aromatic N) is 5. The van der Waals surface area contributed by atoms with E-state index in [1.807, 2.05) is 6.07 Å². The first kappa shape index (κ1) is 23.0. The maximum absolute atomic E-state index is 12.7. The van der Waals surface area contributed by atoms with Gasteiger partial charge >= 0.3 is 0 Å². The summed E-state index contributed by atoms with van der Waals surface area (Å²) in [6.07, 6.45) is 5.87. The van der Waals surface area contributed by atoms with Crippen LogP contribution >= 0.6 is 11.6 Å². The van der Waals surface area contributed by atoms with Crippen molar-refractivity contribution in [1.82, 2.24) is 24.5 Å². The number of piperidine rings is 3. The molecule has 178 valence electrons. The average Bonchev–Trinajstić information content (AvgIpc) is 2.85. The van der Waals surface area contributed by atoms with E-state index >= 15 is 0 Å². The Bertz CT molecular complexity index is 1030. The van der Waals surface area contributed by atoms with Crippen LogP contribution in [0.5, 0.6) is 0 Å². The van der Waals surface area contributed by atoms with Crippen LogP contribution in [0.25, 0.3) is 0 Å². The SMILES string of the molecule is O=S(=O)(NC[C@H]1C[C@@H]2CCN1C[C@H]2CN1CCN(c2ncccn2)CC1)c1ccc(Cl)cc1. The molecule has 4 saturated heterocycles. The van der Waals surface area contributed by atoms with Crippen LogP contribution in [0, 0.1) is 11.8 Å². The molecule has 1 N–H and O–H groups in total. The number of sulfonamides is 1. The lowest BCUT2D eigenvalue weighted by molar-refractivity contribution is -0.0108. The zero-order chi connectivity index (χ0) is 22.8. The molecule has 4 aliphatic heterocycles. The van der Waals surface area contributed by atoms with Crippen molar-refractivity contribution < 1.29 is 8.42 Å². The third-order valence-corrected chi connectivity index (χ3v) is 9.04. The highest BCUT2D eigenvalue weighted by Gasteiger charge is 2.41. The Hall–Kier alpha value is -1.78. The highest BCUT2D eigenvalue weighted by Crippen LogP contribution is 2.36. The topological polar surface area (TPSA) is 81.7 Å². The molecule has 0 radical (unpaired) electrons. The molecule has 0 spiro atoms. The van der Waals surface area contributed by atoms with Crippen molar-refractivity contribution in [3.05, 3.63) is 47.7 Å². The molecule has 1 aromatic carbocycles. The molecule has 2 bridgehead atoms. The third kappa shape index (κ3) is 5.33. The summed E-state index contributed by atoms with van der Waals surface area (Å²) in [6, 6.07) is 8.45. The lowest BCUT2D eigenvalue weighted by atomic mass is 9.75. The quantitative estimate of drug-likeness (QED) is 0.635. The van der Waals surface area contributed by atoms with E-state index in [4.69, 9.17) is 11.6 Å². The molecule has 10 heteroatoms. The first-order valence-corrected chi connectivity index (χ1v) is 13.6. The van der Waals surface area contributed by atoms with Gasteiger partial charge in [0.15, 0.2) is 0 Å². The second-order valence-electron chi connectivity index (χ2n) is 9.34. The Kier molecular flexibility index (Phi) is 6.85. The molecule has 4 aliphatic rings. The van der Waals surface area contributed by atoms with E-state index in [2.05, 4.69) is 29.4 Å². The van der Waals surface area contributed by atoms with Gasteiger partial charge in [0.05, 0.1) is 4.90 Å². The first-order valence-electron chi connectivity index (χ1n) is 11.7. The van der Waals surface area contributed by atoms with Crippen LogP contribution in [0.1, 0.15) is 12.8 Å². The summed E-state index contributed by atoms with van der Waals surface area (Å²) in [5.74, 6) is 2.14. The van der Waals surface area contributed by atoms with E-state index in [0.717, 1.165) is 58.2 Å². The van der Waals surface area contributed by atoms with E-state index < -0.39 is 10.0 Å². The fraction of sp³-hybridized carbons (Fsp3) is 0.565. The molecule has 5 heterocycles. The van der Waals surface area contributed by atoms with Gasteiger partial charge in [-0.3, -0.25) is 9.80 Å². The van der Waals surface area contributed by atoms with Crippen molar-refractivity contribution >= 4 is 27.6 Å². The predicted molar refractivity (Wildman–Crippen MR) is 129 cm³/mol. The maximum atomic E-state index is 12.7. The van der Waals surface area contributed by atoms with Gasteiger partial charge < -0.3 is 4.90 Å². The number of aromatic nitrogens is 2. The van der Waals surface area contributed by atoms with Crippen LogP contribution in [0.15, 0.2) is 47.6 Å². The maximum Gasteiger partial charge on any atom is 0.240 e. The number of rotatable bonds is 7. The summed E-state index contributed by atoms with van der Waals surface area (Å²) in [4.78, 5) is 16.3. The lowest BCUT2D eigenvalue weighted by Gasteiger charge is -2.51. The molecule has 6 rings (SSSR count). The second-order valence-corrected chi connectivity index (χ2v) is 11.5. The number of anilines is 1. The molecule has 8 nitrogen and oxygen atoms in total.